The lowest BCUT2D eigenvalue weighted by Crippen LogP contribution is -2.46. The third kappa shape index (κ3) is 3.89. The monoisotopic (exact) mass is 288 g/mol. The summed E-state index contributed by atoms with van der Waals surface area (Å²) in [6.07, 6.45) is 0. The average molecular weight is 289 g/mol. The number of benzene rings is 1. The number of carbonyl (C=O) groups excluding carboxylic acids is 1. The van der Waals surface area contributed by atoms with Gasteiger partial charge in [-0.25, -0.2) is 4.39 Å². The molecule has 0 saturated carbocycles. The Kier molecular flexibility index (Phi) is 6.21. The number of hydrogen-bond acceptors (Lipinski definition) is 3. The summed E-state index contributed by atoms with van der Waals surface area (Å²) in [4.78, 5) is 14.0. The number of hydrogen-bond donors (Lipinski definition) is 1. The molecule has 0 aliphatic carbocycles. The number of carbonyl (C=O) groups is 1. The summed E-state index contributed by atoms with van der Waals surface area (Å²) in [5.41, 5.74) is 0.934. The largest absolute Gasteiger partial charge is 0.380 e. The van der Waals surface area contributed by atoms with Crippen LogP contribution in [0.1, 0.15) is 15.9 Å². The molecular formula is C13H18ClFN2O2. The van der Waals surface area contributed by atoms with Crippen molar-refractivity contribution in [2.75, 3.05) is 33.3 Å². The van der Waals surface area contributed by atoms with Crippen LogP contribution in [0.15, 0.2) is 18.2 Å². The maximum Gasteiger partial charge on any atom is 0.253 e. The van der Waals surface area contributed by atoms with E-state index < -0.39 is 0 Å². The molecule has 1 saturated heterocycles. The van der Waals surface area contributed by atoms with Crippen LogP contribution in [-0.2, 0) is 11.3 Å². The van der Waals surface area contributed by atoms with Gasteiger partial charge in [-0.15, -0.1) is 12.4 Å². The molecule has 0 bridgehead atoms. The smallest absolute Gasteiger partial charge is 0.253 e. The fourth-order valence-electron chi connectivity index (χ4n) is 2.02. The fourth-order valence-corrected chi connectivity index (χ4v) is 2.02. The van der Waals surface area contributed by atoms with Gasteiger partial charge in [0.1, 0.15) is 5.82 Å². The van der Waals surface area contributed by atoms with Crippen LogP contribution in [0.5, 0.6) is 0 Å². The highest BCUT2D eigenvalue weighted by Gasteiger charge is 2.18. The van der Waals surface area contributed by atoms with Gasteiger partial charge in [0.2, 0.25) is 0 Å². The minimum Gasteiger partial charge on any atom is -0.380 e. The van der Waals surface area contributed by atoms with Gasteiger partial charge in [0.05, 0.1) is 6.61 Å². The van der Waals surface area contributed by atoms with Gasteiger partial charge in [-0.05, 0) is 18.2 Å². The van der Waals surface area contributed by atoms with E-state index in [1.165, 1.54) is 19.2 Å². The number of halogens is 2. The van der Waals surface area contributed by atoms with Crippen molar-refractivity contribution in [1.82, 2.24) is 10.2 Å². The van der Waals surface area contributed by atoms with Crippen LogP contribution in [0, 0.1) is 5.82 Å². The second-order valence-corrected chi connectivity index (χ2v) is 4.28. The Bertz CT molecular complexity index is 437. The van der Waals surface area contributed by atoms with Gasteiger partial charge in [0.25, 0.3) is 5.91 Å². The lowest BCUT2D eigenvalue weighted by molar-refractivity contribution is 0.0735. The standard InChI is InChI=1S/C13H17FN2O2.ClH/c1-18-9-11-8-10(2-3-12(11)14)13(17)16-6-4-15-5-7-16;/h2-3,8,15H,4-7,9H2,1H3;1H. The minimum absolute atomic E-state index is 0. The topological polar surface area (TPSA) is 41.6 Å². The Morgan fingerprint density at radius 3 is 2.74 bits per heavy atom. The molecule has 1 aliphatic rings. The molecule has 0 radical (unpaired) electrons. The van der Waals surface area contributed by atoms with E-state index in [9.17, 15) is 9.18 Å². The number of ether oxygens (including phenoxy) is 1. The van der Waals surface area contributed by atoms with Crippen LogP contribution in [0.25, 0.3) is 0 Å². The molecule has 1 fully saturated rings. The molecule has 0 spiro atoms. The van der Waals surface area contributed by atoms with Crippen molar-refractivity contribution in [2.45, 2.75) is 6.61 Å². The van der Waals surface area contributed by atoms with E-state index in [0.29, 0.717) is 24.2 Å². The highest BCUT2D eigenvalue weighted by atomic mass is 35.5. The van der Waals surface area contributed by atoms with E-state index in [2.05, 4.69) is 5.32 Å². The predicted octanol–water partition coefficient (Wildman–Crippen LogP) is 1.44. The van der Waals surface area contributed by atoms with E-state index in [1.54, 1.807) is 11.0 Å². The van der Waals surface area contributed by atoms with E-state index in [-0.39, 0.29) is 30.7 Å². The summed E-state index contributed by atoms with van der Waals surface area (Å²) in [6, 6.07) is 4.42. The number of rotatable bonds is 3. The summed E-state index contributed by atoms with van der Waals surface area (Å²) >= 11 is 0. The summed E-state index contributed by atoms with van der Waals surface area (Å²) in [5, 5.41) is 3.19. The van der Waals surface area contributed by atoms with Crippen molar-refractivity contribution in [1.29, 1.82) is 0 Å². The molecule has 0 atom stereocenters. The predicted molar refractivity (Wildman–Crippen MR) is 73.1 cm³/mol. The lowest BCUT2D eigenvalue weighted by Gasteiger charge is -2.27. The molecule has 1 amide bonds. The molecule has 4 nitrogen and oxygen atoms in total. The Morgan fingerprint density at radius 1 is 1.42 bits per heavy atom. The van der Waals surface area contributed by atoms with E-state index in [4.69, 9.17) is 4.74 Å². The number of methoxy groups -OCH3 is 1. The van der Waals surface area contributed by atoms with Crippen LogP contribution in [0.2, 0.25) is 0 Å². The zero-order chi connectivity index (χ0) is 13.0. The van der Waals surface area contributed by atoms with Crippen LogP contribution in [0.3, 0.4) is 0 Å². The van der Waals surface area contributed by atoms with Crippen LogP contribution in [0.4, 0.5) is 4.39 Å². The Morgan fingerprint density at radius 2 is 2.11 bits per heavy atom. The van der Waals surface area contributed by atoms with Crippen molar-refractivity contribution >= 4 is 18.3 Å². The zero-order valence-corrected chi connectivity index (χ0v) is 11.6. The van der Waals surface area contributed by atoms with Crippen molar-refractivity contribution in [3.05, 3.63) is 35.1 Å². The first-order chi connectivity index (χ1) is 8.72. The highest BCUT2D eigenvalue weighted by Crippen LogP contribution is 2.14. The number of amides is 1. The van der Waals surface area contributed by atoms with Crippen molar-refractivity contribution < 1.29 is 13.9 Å². The van der Waals surface area contributed by atoms with Gasteiger partial charge in [0, 0.05) is 44.4 Å². The summed E-state index contributed by atoms with van der Waals surface area (Å²) in [7, 11) is 1.50. The van der Waals surface area contributed by atoms with Gasteiger partial charge < -0.3 is 15.0 Å². The summed E-state index contributed by atoms with van der Waals surface area (Å²) < 4.78 is 18.4. The molecule has 2 rings (SSSR count). The van der Waals surface area contributed by atoms with E-state index >= 15 is 0 Å². The molecular weight excluding hydrogens is 271 g/mol. The fraction of sp³-hybridized carbons (Fsp3) is 0.462. The van der Waals surface area contributed by atoms with Gasteiger partial charge in [-0.3, -0.25) is 4.79 Å². The van der Waals surface area contributed by atoms with E-state index in [1.807, 2.05) is 0 Å². The van der Waals surface area contributed by atoms with Gasteiger partial charge in [-0.1, -0.05) is 0 Å². The lowest BCUT2D eigenvalue weighted by atomic mass is 10.1. The molecule has 1 aromatic carbocycles. The SMILES string of the molecule is COCc1cc(C(=O)N2CCNCC2)ccc1F.Cl. The van der Waals surface area contributed by atoms with E-state index in [0.717, 1.165) is 13.1 Å². The van der Waals surface area contributed by atoms with Crippen molar-refractivity contribution in [3.63, 3.8) is 0 Å². The normalized spacial score (nSPS) is 14.9. The molecule has 1 aromatic rings. The number of nitrogens with one attached hydrogen (secondary N) is 1. The minimum atomic E-state index is -0.339. The first-order valence-electron chi connectivity index (χ1n) is 5.99. The number of piperazine rings is 1. The maximum absolute atomic E-state index is 13.4. The maximum atomic E-state index is 13.4. The first-order valence-corrected chi connectivity index (χ1v) is 5.99. The first kappa shape index (κ1) is 15.9. The second-order valence-electron chi connectivity index (χ2n) is 4.28. The third-order valence-corrected chi connectivity index (χ3v) is 3.00. The molecule has 19 heavy (non-hydrogen) atoms. The summed E-state index contributed by atoms with van der Waals surface area (Å²) in [5.74, 6) is -0.387. The quantitative estimate of drug-likeness (QED) is 0.915. The molecule has 106 valence electrons. The van der Waals surface area contributed by atoms with Gasteiger partial charge in [-0.2, -0.15) is 0 Å². The highest BCUT2D eigenvalue weighted by molar-refractivity contribution is 5.94. The average Bonchev–Trinajstić information content (AvgIpc) is 2.42. The molecule has 1 aliphatic heterocycles. The Hall–Kier alpha value is -1.17. The van der Waals surface area contributed by atoms with Crippen LogP contribution >= 0.6 is 12.4 Å². The summed E-state index contributed by atoms with van der Waals surface area (Å²) in [6.45, 7) is 3.16. The van der Waals surface area contributed by atoms with Crippen molar-refractivity contribution in [3.8, 4) is 0 Å². The van der Waals surface area contributed by atoms with Gasteiger partial charge in [0.15, 0.2) is 0 Å². The molecule has 1 N–H and O–H groups in total. The molecule has 0 aromatic heterocycles. The zero-order valence-electron chi connectivity index (χ0n) is 10.8. The second kappa shape index (κ2) is 7.43. The van der Waals surface area contributed by atoms with Gasteiger partial charge >= 0.3 is 0 Å². The Labute approximate surface area is 118 Å². The Balaban J connectivity index is 0.00000180. The number of nitrogens with zero attached hydrogens (tertiary/aromatic N) is 1. The van der Waals surface area contributed by atoms with Crippen LogP contribution in [-0.4, -0.2) is 44.1 Å². The molecule has 6 heteroatoms. The van der Waals surface area contributed by atoms with Crippen LogP contribution < -0.4 is 5.32 Å². The molecule has 0 unspecified atom stereocenters. The molecule has 1 heterocycles. The van der Waals surface area contributed by atoms with Crippen molar-refractivity contribution in [2.24, 2.45) is 0 Å². The third-order valence-electron chi connectivity index (χ3n) is 3.00.